The molecule has 0 saturated carbocycles. The lowest BCUT2D eigenvalue weighted by Crippen LogP contribution is -2.61. The monoisotopic (exact) mass is 977 g/mol. The molecule has 0 amide bonds. The van der Waals surface area contributed by atoms with Crippen molar-refractivity contribution in [2.75, 3.05) is 9.80 Å². The van der Waals surface area contributed by atoms with Gasteiger partial charge in [-0.05, 0) is 206 Å². The van der Waals surface area contributed by atoms with Gasteiger partial charge in [-0.2, -0.15) is 0 Å². The van der Waals surface area contributed by atoms with Crippen molar-refractivity contribution in [3.05, 3.63) is 197 Å². The van der Waals surface area contributed by atoms with Gasteiger partial charge in [0.25, 0.3) is 6.71 Å². The Bertz CT molecular complexity index is 3900. The molecule has 0 spiro atoms. The minimum atomic E-state index is -0.152. The number of nitrogens with zero attached hydrogens (tertiary/aromatic N) is 2. The van der Waals surface area contributed by atoms with Crippen molar-refractivity contribution < 1.29 is 8.83 Å². The highest BCUT2D eigenvalue weighted by Gasteiger charge is 2.45. The van der Waals surface area contributed by atoms with E-state index in [9.17, 15) is 0 Å². The molecule has 2 aliphatic heterocycles. The van der Waals surface area contributed by atoms with Gasteiger partial charge < -0.3 is 18.6 Å². The molecule has 0 radical (unpaired) electrons. The van der Waals surface area contributed by atoms with Crippen LogP contribution in [0.2, 0.25) is 0 Å². The summed E-state index contributed by atoms with van der Waals surface area (Å²) in [7, 11) is 0. The molecule has 0 saturated heterocycles. The van der Waals surface area contributed by atoms with Crippen LogP contribution in [0, 0.1) is 27.7 Å². The Morgan fingerprint density at radius 2 is 0.720 bits per heavy atom. The maximum Gasteiger partial charge on any atom is 0.252 e. The summed E-state index contributed by atoms with van der Waals surface area (Å²) in [5.41, 5.74) is 28.3. The smallest absolute Gasteiger partial charge is 0.252 e. The molecule has 0 atom stereocenters. The predicted octanol–water partition coefficient (Wildman–Crippen LogP) is 18.0. The number of fused-ring (bicyclic) bond motifs is 10. The normalized spacial score (nSPS) is 13.6. The van der Waals surface area contributed by atoms with Gasteiger partial charge in [-0.15, -0.1) is 0 Å². The molecule has 370 valence electrons. The molecule has 5 heteroatoms. The maximum absolute atomic E-state index is 6.44. The lowest BCUT2D eigenvalue weighted by atomic mass is 9.33. The van der Waals surface area contributed by atoms with Gasteiger partial charge >= 0.3 is 0 Å². The third kappa shape index (κ3) is 7.40. The Morgan fingerprint density at radius 3 is 1.11 bits per heavy atom. The summed E-state index contributed by atoms with van der Waals surface area (Å²) in [5.74, 6) is 0. The molecule has 0 bridgehead atoms. The number of benzene rings is 9. The van der Waals surface area contributed by atoms with E-state index in [1.807, 2.05) is 12.1 Å². The number of anilines is 6. The molecular weight excluding hydrogens is 912 g/mol. The molecule has 0 fully saturated rings. The highest BCUT2D eigenvalue weighted by atomic mass is 16.3. The molecule has 13 rings (SSSR count). The number of hydrogen-bond acceptors (Lipinski definition) is 4. The van der Waals surface area contributed by atoms with Crippen LogP contribution >= 0.6 is 0 Å². The third-order valence-electron chi connectivity index (χ3n) is 16.5. The van der Waals surface area contributed by atoms with Crippen molar-refractivity contribution in [3.8, 4) is 22.3 Å². The van der Waals surface area contributed by atoms with E-state index < -0.39 is 0 Å². The molecule has 0 N–H and O–H groups in total. The summed E-state index contributed by atoms with van der Waals surface area (Å²) in [6, 6.07) is 59.5. The summed E-state index contributed by atoms with van der Waals surface area (Å²) in [4.78, 5) is 5.20. The highest BCUT2D eigenvalue weighted by molar-refractivity contribution is 7.00. The van der Waals surface area contributed by atoms with Crippen LogP contribution in [0.5, 0.6) is 0 Å². The van der Waals surface area contributed by atoms with Crippen molar-refractivity contribution >= 4 is 101 Å². The molecule has 2 aromatic heterocycles. The quantitative estimate of drug-likeness (QED) is 0.165. The van der Waals surface area contributed by atoms with Gasteiger partial charge in [0.15, 0.2) is 0 Å². The topological polar surface area (TPSA) is 32.8 Å². The van der Waals surface area contributed by atoms with E-state index in [1.54, 1.807) is 0 Å². The van der Waals surface area contributed by atoms with E-state index in [0.29, 0.717) is 0 Å². The SMILES string of the molecule is Cc1cc(N2c3ccc(C(C)(C)C)cc3B3c4cc(C(C)(C)C)ccc4N(c4cc(C)c(-c5ccc6c(c5)oc5ccccc56)c(C)c4)c4cc(C(C)(C)C)cc2c43)cc(C)c1-c1ccc2c(c1)oc1ccccc12. The summed E-state index contributed by atoms with van der Waals surface area (Å²) < 4.78 is 12.9. The van der Waals surface area contributed by atoms with Crippen LogP contribution in [0.15, 0.2) is 167 Å². The Balaban J connectivity index is 1.05. The van der Waals surface area contributed by atoms with E-state index in [2.05, 4.69) is 245 Å². The van der Waals surface area contributed by atoms with Crippen LogP contribution in [0.4, 0.5) is 34.1 Å². The zero-order chi connectivity index (χ0) is 52.2. The number of para-hydroxylation sites is 2. The van der Waals surface area contributed by atoms with Crippen molar-refractivity contribution in [3.63, 3.8) is 0 Å². The first-order valence-electron chi connectivity index (χ1n) is 26.8. The lowest BCUT2D eigenvalue weighted by molar-refractivity contribution is 0.590. The van der Waals surface area contributed by atoms with E-state index in [4.69, 9.17) is 8.83 Å². The molecule has 11 aromatic rings. The minimum absolute atomic E-state index is 0.0138. The largest absolute Gasteiger partial charge is 0.456 e. The maximum atomic E-state index is 6.44. The average molecular weight is 977 g/mol. The molecule has 9 aromatic carbocycles. The van der Waals surface area contributed by atoms with Crippen LogP contribution in [0.25, 0.3) is 66.1 Å². The first-order chi connectivity index (χ1) is 35.7. The fourth-order valence-corrected chi connectivity index (χ4v) is 12.7. The average Bonchev–Trinajstić information content (AvgIpc) is 3.92. The van der Waals surface area contributed by atoms with Gasteiger partial charge in [-0.25, -0.2) is 0 Å². The molecule has 4 heterocycles. The van der Waals surface area contributed by atoms with Crippen LogP contribution in [0.3, 0.4) is 0 Å². The first-order valence-corrected chi connectivity index (χ1v) is 26.8. The summed E-state index contributed by atoms with van der Waals surface area (Å²) in [6.07, 6.45) is 0. The molecule has 2 aliphatic rings. The standard InChI is InChI=1S/C70H65BN2O2/c1-40-30-49(31-41(2)65(40)44-22-26-53-51-18-14-16-20-61(51)74-63(53)34-44)72-57-28-24-46(68(5,6)7)36-55(57)71-56-37-47(69(8,9)10)25-29-58(56)73(60-39-48(70(11,12)13)38-59(72)67(60)71)50-32-42(3)66(43(4)33-50)45-23-27-54-52-19-15-17-21-62(52)75-64(54)35-45/h14-39H,1-13H3. The summed E-state index contributed by atoms with van der Waals surface area (Å²) in [6.45, 7) is 30.2. The van der Waals surface area contributed by atoms with Gasteiger partial charge in [-0.3, -0.25) is 0 Å². The fraction of sp³-hybridized carbons (Fsp3) is 0.229. The Kier molecular flexibility index (Phi) is 10.3. The van der Waals surface area contributed by atoms with E-state index in [0.717, 1.165) is 66.4 Å². The zero-order valence-electron chi connectivity index (χ0n) is 45.8. The van der Waals surface area contributed by atoms with Gasteiger partial charge in [0, 0.05) is 55.7 Å². The van der Waals surface area contributed by atoms with E-state index in [1.165, 1.54) is 89.2 Å². The van der Waals surface area contributed by atoms with Crippen LogP contribution in [-0.4, -0.2) is 6.71 Å². The molecular formula is C70H65BN2O2. The Morgan fingerprint density at radius 1 is 0.347 bits per heavy atom. The molecule has 75 heavy (non-hydrogen) atoms. The number of aryl methyl sites for hydroxylation is 4. The van der Waals surface area contributed by atoms with Crippen molar-refractivity contribution in [2.45, 2.75) is 106 Å². The van der Waals surface area contributed by atoms with Crippen molar-refractivity contribution in [1.29, 1.82) is 0 Å². The zero-order valence-corrected chi connectivity index (χ0v) is 45.8. The van der Waals surface area contributed by atoms with E-state index >= 15 is 0 Å². The van der Waals surface area contributed by atoms with Crippen LogP contribution < -0.4 is 26.2 Å². The summed E-state index contributed by atoms with van der Waals surface area (Å²) >= 11 is 0. The van der Waals surface area contributed by atoms with Gasteiger partial charge in [0.2, 0.25) is 0 Å². The van der Waals surface area contributed by atoms with Gasteiger partial charge in [0.05, 0.1) is 0 Å². The predicted molar refractivity (Wildman–Crippen MR) is 321 cm³/mol. The second kappa shape index (κ2) is 16.4. The van der Waals surface area contributed by atoms with E-state index in [-0.39, 0.29) is 23.0 Å². The Hall–Kier alpha value is -7.76. The second-order valence-electron chi connectivity index (χ2n) is 24.9. The molecule has 0 aliphatic carbocycles. The first kappa shape index (κ1) is 47.0. The molecule has 4 nitrogen and oxygen atoms in total. The summed E-state index contributed by atoms with van der Waals surface area (Å²) in [5, 5.41) is 4.59. The number of hydrogen-bond donors (Lipinski definition) is 0. The third-order valence-corrected chi connectivity index (χ3v) is 16.5. The highest BCUT2D eigenvalue weighted by Crippen LogP contribution is 2.49. The Labute approximate surface area is 442 Å². The van der Waals surface area contributed by atoms with Crippen LogP contribution in [-0.2, 0) is 16.2 Å². The van der Waals surface area contributed by atoms with Crippen molar-refractivity contribution in [2.24, 2.45) is 0 Å². The minimum Gasteiger partial charge on any atom is -0.456 e. The number of furan rings is 2. The van der Waals surface area contributed by atoms with Gasteiger partial charge in [0.1, 0.15) is 22.3 Å². The second-order valence-corrected chi connectivity index (χ2v) is 24.9. The fourth-order valence-electron chi connectivity index (χ4n) is 12.7. The van der Waals surface area contributed by atoms with Crippen LogP contribution in [0.1, 0.15) is 101 Å². The van der Waals surface area contributed by atoms with Gasteiger partial charge in [-0.1, -0.05) is 135 Å². The lowest BCUT2D eigenvalue weighted by Gasteiger charge is -2.46. The van der Waals surface area contributed by atoms with Crippen molar-refractivity contribution in [1.82, 2.24) is 0 Å². The molecule has 0 unspecified atom stereocenters. The number of rotatable bonds is 4.